The minimum Gasteiger partial charge on any atom is -0.308 e. The Morgan fingerprint density at radius 2 is 2.43 bits per heavy atom. The van der Waals surface area contributed by atoms with Gasteiger partial charge >= 0.3 is 0 Å². The monoisotopic (exact) mass is 303 g/mol. The standard InChI is InChI=1S/C10H14IN3/c1-14-3-2-13-10(7-14)8-4-9(11)6-12-5-8/h4-6,10,13H,2-3,7H2,1H3. The molecule has 1 aromatic heterocycles. The highest BCUT2D eigenvalue weighted by atomic mass is 127. The fraction of sp³-hybridized carbons (Fsp3) is 0.500. The number of nitrogens with zero attached hydrogens (tertiary/aromatic N) is 2. The molecule has 3 nitrogen and oxygen atoms in total. The molecule has 1 aromatic rings. The molecule has 0 bridgehead atoms. The number of hydrogen-bond acceptors (Lipinski definition) is 3. The Hall–Kier alpha value is -0.200. The van der Waals surface area contributed by atoms with Crippen molar-refractivity contribution in [1.29, 1.82) is 0 Å². The first-order valence-electron chi connectivity index (χ1n) is 4.78. The Morgan fingerprint density at radius 3 is 3.14 bits per heavy atom. The lowest BCUT2D eigenvalue weighted by Gasteiger charge is -2.31. The molecular weight excluding hydrogens is 289 g/mol. The van der Waals surface area contributed by atoms with Gasteiger partial charge in [-0.25, -0.2) is 0 Å². The van der Waals surface area contributed by atoms with E-state index in [1.54, 1.807) is 0 Å². The smallest absolute Gasteiger partial charge is 0.0465 e. The van der Waals surface area contributed by atoms with Crippen molar-refractivity contribution in [3.8, 4) is 0 Å². The SMILES string of the molecule is CN1CCNC(c2cncc(I)c2)C1. The van der Waals surface area contributed by atoms with Gasteiger partial charge in [0.1, 0.15) is 0 Å². The molecule has 1 atom stereocenters. The number of halogens is 1. The third-order valence-electron chi connectivity index (χ3n) is 2.51. The number of nitrogens with one attached hydrogen (secondary N) is 1. The molecule has 0 aliphatic carbocycles. The van der Waals surface area contributed by atoms with E-state index >= 15 is 0 Å². The highest BCUT2D eigenvalue weighted by Crippen LogP contribution is 2.17. The third kappa shape index (κ3) is 2.43. The van der Waals surface area contributed by atoms with Gasteiger partial charge in [0.2, 0.25) is 0 Å². The molecule has 2 heterocycles. The van der Waals surface area contributed by atoms with Gasteiger partial charge in [0.15, 0.2) is 0 Å². The number of aromatic nitrogens is 1. The summed E-state index contributed by atoms with van der Waals surface area (Å²) >= 11 is 2.30. The molecule has 0 aromatic carbocycles. The van der Waals surface area contributed by atoms with Gasteiger partial charge in [0.05, 0.1) is 0 Å². The fourth-order valence-corrected chi connectivity index (χ4v) is 2.26. The van der Waals surface area contributed by atoms with Gasteiger partial charge in [-0.2, -0.15) is 0 Å². The van der Waals surface area contributed by atoms with Gasteiger partial charge in [-0.15, -0.1) is 0 Å². The van der Waals surface area contributed by atoms with Crippen LogP contribution in [0.4, 0.5) is 0 Å². The van der Waals surface area contributed by atoms with Crippen LogP contribution < -0.4 is 5.32 Å². The van der Waals surface area contributed by atoms with Gasteiger partial charge in [-0.3, -0.25) is 4.98 Å². The van der Waals surface area contributed by atoms with E-state index in [0.717, 1.165) is 19.6 Å². The zero-order chi connectivity index (χ0) is 9.97. The molecule has 2 rings (SSSR count). The lowest BCUT2D eigenvalue weighted by Crippen LogP contribution is -2.43. The van der Waals surface area contributed by atoms with E-state index in [0.29, 0.717) is 6.04 Å². The van der Waals surface area contributed by atoms with E-state index < -0.39 is 0 Å². The van der Waals surface area contributed by atoms with Crippen LogP contribution in [0.5, 0.6) is 0 Å². The zero-order valence-electron chi connectivity index (χ0n) is 8.20. The van der Waals surface area contributed by atoms with Crippen LogP contribution in [0.1, 0.15) is 11.6 Å². The molecule has 4 heteroatoms. The summed E-state index contributed by atoms with van der Waals surface area (Å²) in [5, 5.41) is 3.51. The summed E-state index contributed by atoms with van der Waals surface area (Å²) in [5.74, 6) is 0. The van der Waals surface area contributed by atoms with E-state index in [2.05, 4.69) is 50.9 Å². The van der Waals surface area contributed by atoms with Crippen LogP contribution in [-0.4, -0.2) is 36.6 Å². The molecule has 1 aliphatic heterocycles. The predicted octanol–water partition coefficient (Wildman–Crippen LogP) is 1.26. The van der Waals surface area contributed by atoms with E-state index in [4.69, 9.17) is 0 Å². The molecule has 1 saturated heterocycles. The zero-order valence-corrected chi connectivity index (χ0v) is 10.4. The number of hydrogen-bond donors (Lipinski definition) is 1. The summed E-state index contributed by atoms with van der Waals surface area (Å²) in [7, 11) is 2.16. The molecular formula is C10H14IN3. The van der Waals surface area contributed by atoms with Crippen LogP contribution in [0.2, 0.25) is 0 Å². The van der Waals surface area contributed by atoms with E-state index in [1.807, 2.05) is 12.4 Å². The number of piperazine rings is 1. The molecule has 1 N–H and O–H groups in total. The van der Waals surface area contributed by atoms with Gasteiger partial charge in [0.25, 0.3) is 0 Å². The van der Waals surface area contributed by atoms with Gasteiger partial charge in [0, 0.05) is 41.6 Å². The maximum atomic E-state index is 4.22. The number of rotatable bonds is 1. The third-order valence-corrected chi connectivity index (χ3v) is 3.10. The summed E-state index contributed by atoms with van der Waals surface area (Å²) in [6, 6.07) is 2.64. The van der Waals surface area contributed by atoms with Gasteiger partial charge < -0.3 is 10.2 Å². The summed E-state index contributed by atoms with van der Waals surface area (Å²) in [6.45, 7) is 3.27. The fourth-order valence-electron chi connectivity index (χ4n) is 1.74. The van der Waals surface area contributed by atoms with E-state index in [-0.39, 0.29) is 0 Å². The van der Waals surface area contributed by atoms with Crippen molar-refractivity contribution in [2.75, 3.05) is 26.7 Å². The van der Waals surface area contributed by atoms with Crippen molar-refractivity contribution in [3.63, 3.8) is 0 Å². The highest BCUT2D eigenvalue weighted by Gasteiger charge is 2.18. The molecule has 1 unspecified atom stereocenters. The average Bonchev–Trinajstić information content (AvgIpc) is 2.18. The van der Waals surface area contributed by atoms with E-state index in [1.165, 1.54) is 9.13 Å². The minimum absolute atomic E-state index is 0.441. The second-order valence-electron chi connectivity index (χ2n) is 3.71. The first kappa shape index (κ1) is 10.3. The van der Waals surface area contributed by atoms with Crippen LogP contribution >= 0.6 is 22.6 Å². The molecule has 1 aliphatic rings. The lowest BCUT2D eigenvalue weighted by molar-refractivity contribution is 0.240. The Bertz CT molecular complexity index is 316. The quantitative estimate of drug-likeness (QED) is 0.792. The largest absolute Gasteiger partial charge is 0.308 e. The Kier molecular flexibility index (Phi) is 3.35. The molecule has 0 saturated carbocycles. The lowest BCUT2D eigenvalue weighted by atomic mass is 10.1. The normalized spacial score (nSPS) is 23.7. The summed E-state index contributed by atoms with van der Waals surface area (Å²) in [6.07, 6.45) is 3.84. The average molecular weight is 303 g/mol. The Balaban J connectivity index is 2.14. The van der Waals surface area contributed by atoms with Crippen LogP contribution in [0.25, 0.3) is 0 Å². The van der Waals surface area contributed by atoms with Crippen molar-refractivity contribution < 1.29 is 0 Å². The van der Waals surface area contributed by atoms with Crippen LogP contribution in [0.3, 0.4) is 0 Å². The van der Waals surface area contributed by atoms with Crippen molar-refractivity contribution in [2.24, 2.45) is 0 Å². The first-order chi connectivity index (χ1) is 6.75. The molecule has 0 amide bonds. The molecule has 1 fully saturated rings. The topological polar surface area (TPSA) is 28.2 Å². The first-order valence-corrected chi connectivity index (χ1v) is 5.86. The second-order valence-corrected chi connectivity index (χ2v) is 4.95. The predicted molar refractivity (Wildman–Crippen MR) is 65.2 cm³/mol. The number of likely N-dealkylation sites (N-methyl/N-ethyl adjacent to an activating group) is 1. The maximum absolute atomic E-state index is 4.22. The van der Waals surface area contributed by atoms with Crippen molar-refractivity contribution >= 4 is 22.6 Å². The minimum atomic E-state index is 0.441. The van der Waals surface area contributed by atoms with Crippen LogP contribution in [0.15, 0.2) is 18.5 Å². The maximum Gasteiger partial charge on any atom is 0.0465 e. The highest BCUT2D eigenvalue weighted by molar-refractivity contribution is 14.1. The van der Waals surface area contributed by atoms with Gasteiger partial charge in [-0.05, 0) is 41.3 Å². The summed E-state index contributed by atoms with van der Waals surface area (Å²) in [4.78, 5) is 6.57. The number of pyridine rings is 1. The molecule has 14 heavy (non-hydrogen) atoms. The Morgan fingerprint density at radius 1 is 1.57 bits per heavy atom. The Labute approximate surface area is 98.0 Å². The van der Waals surface area contributed by atoms with Crippen molar-refractivity contribution in [2.45, 2.75) is 6.04 Å². The molecule has 76 valence electrons. The van der Waals surface area contributed by atoms with Crippen LogP contribution in [0, 0.1) is 3.57 Å². The summed E-state index contributed by atoms with van der Waals surface area (Å²) in [5.41, 5.74) is 1.29. The second kappa shape index (κ2) is 4.55. The molecule has 0 spiro atoms. The van der Waals surface area contributed by atoms with Crippen molar-refractivity contribution in [3.05, 3.63) is 27.6 Å². The van der Waals surface area contributed by atoms with Crippen molar-refractivity contribution in [1.82, 2.24) is 15.2 Å². The van der Waals surface area contributed by atoms with Gasteiger partial charge in [-0.1, -0.05) is 0 Å². The van der Waals surface area contributed by atoms with Crippen LogP contribution in [-0.2, 0) is 0 Å². The molecule has 0 radical (unpaired) electrons. The van der Waals surface area contributed by atoms with E-state index in [9.17, 15) is 0 Å². The summed E-state index contributed by atoms with van der Waals surface area (Å²) < 4.78 is 1.20.